The number of nitriles is 1. The summed E-state index contributed by atoms with van der Waals surface area (Å²) in [6.45, 7) is 2.48. The molecule has 0 radical (unpaired) electrons. The lowest BCUT2D eigenvalue weighted by molar-refractivity contribution is -0.137. The van der Waals surface area contributed by atoms with E-state index < -0.39 is 17.6 Å². The maximum Gasteiger partial charge on any atom is 0.416 e. The second-order valence-electron chi connectivity index (χ2n) is 7.08. The zero-order chi connectivity index (χ0) is 22.3. The average Bonchev–Trinajstić information content (AvgIpc) is 3.25. The van der Waals surface area contributed by atoms with E-state index in [0.29, 0.717) is 50.8 Å². The SMILES string of the molecule is N#CCCN(CC(=O)Nc1cc(C(F)(F)F)ccc1N1CCOCC1)Cc1ccco1. The van der Waals surface area contributed by atoms with Crippen LogP contribution in [0, 0.1) is 11.3 Å². The summed E-state index contributed by atoms with van der Waals surface area (Å²) in [5.41, 5.74) is -0.226. The Bertz CT molecular complexity index is 904. The number of furan rings is 1. The fourth-order valence-electron chi connectivity index (χ4n) is 3.33. The number of ether oxygens (including phenoxy) is 1. The van der Waals surface area contributed by atoms with E-state index in [1.807, 2.05) is 11.0 Å². The Morgan fingerprint density at radius 3 is 2.68 bits per heavy atom. The molecule has 1 amide bonds. The molecule has 7 nitrogen and oxygen atoms in total. The number of hydrogen-bond donors (Lipinski definition) is 1. The Morgan fingerprint density at radius 2 is 2.03 bits per heavy atom. The molecule has 1 saturated heterocycles. The highest BCUT2D eigenvalue weighted by Crippen LogP contribution is 2.35. The molecule has 166 valence electrons. The monoisotopic (exact) mass is 436 g/mol. The molecular weight excluding hydrogens is 413 g/mol. The van der Waals surface area contributed by atoms with E-state index in [2.05, 4.69) is 5.32 Å². The summed E-state index contributed by atoms with van der Waals surface area (Å²) in [7, 11) is 0. The van der Waals surface area contributed by atoms with Crippen molar-refractivity contribution in [3.05, 3.63) is 47.9 Å². The topological polar surface area (TPSA) is 81.7 Å². The van der Waals surface area contributed by atoms with Crippen LogP contribution in [0.1, 0.15) is 17.7 Å². The minimum Gasteiger partial charge on any atom is -0.468 e. The number of nitrogens with one attached hydrogen (secondary N) is 1. The first-order valence-corrected chi connectivity index (χ1v) is 9.82. The molecule has 1 aliphatic rings. The first-order valence-electron chi connectivity index (χ1n) is 9.82. The second-order valence-corrected chi connectivity index (χ2v) is 7.08. The molecule has 2 heterocycles. The van der Waals surface area contributed by atoms with Crippen molar-refractivity contribution < 1.29 is 27.1 Å². The maximum absolute atomic E-state index is 13.2. The molecule has 10 heteroatoms. The summed E-state index contributed by atoms with van der Waals surface area (Å²) >= 11 is 0. The van der Waals surface area contributed by atoms with Crippen LogP contribution in [-0.2, 0) is 22.3 Å². The van der Waals surface area contributed by atoms with Crippen molar-refractivity contribution >= 4 is 17.3 Å². The molecule has 31 heavy (non-hydrogen) atoms. The highest BCUT2D eigenvalue weighted by atomic mass is 19.4. The molecule has 1 fully saturated rings. The molecule has 3 rings (SSSR count). The van der Waals surface area contributed by atoms with Gasteiger partial charge in [-0.05, 0) is 30.3 Å². The van der Waals surface area contributed by atoms with Gasteiger partial charge in [0.2, 0.25) is 5.91 Å². The van der Waals surface area contributed by atoms with Gasteiger partial charge in [0, 0.05) is 26.1 Å². The Hall–Kier alpha value is -3.03. The van der Waals surface area contributed by atoms with Gasteiger partial charge in [0.25, 0.3) is 0 Å². The van der Waals surface area contributed by atoms with Gasteiger partial charge in [-0.1, -0.05) is 0 Å². The van der Waals surface area contributed by atoms with Crippen LogP contribution in [0.15, 0.2) is 41.0 Å². The number of carbonyl (C=O) groups is 1. The lowest BCUT2D eigenvalue weighted by Crippen LogP contribution is -2.37. The third-order valence-corrected chi connectivity index (χ3v) is 4.82. The van der Waals surface area contributed by atoms with Gasteiger partial charge in [-0.15, -0.1) is 0 Å². The Balaban J connectivity index is 1.77. The Morgan fingerprint density at radius 1 is 1.26 bits per heavy atom. The highest BCUT2D eigenvalue weighted by Gasteiger charge is 2.32. The summed E-state index contributed by atoms with van der Waals surface area (Å²) in [5.74, 6) is 0.150. The smallest absolute Gasteiger partial charge is 0.416 e. The van der Waals surface area contributed by atoms with Gasteiger partial charge >= 0.3 is 6.18 Å². The summed E-state index contributed by atoms with van der Waals surface area (Å²) in [6.07, 6.45) is -2.81. The average molecular weight is 436 g/mol. The number of carbonyl (C=O) groups excluding carboxylic acids is 1. The molecule has 1 aromatic carbocycles. The molecule has 1 aliphatic heterocycles. The quantitative estimate of drug-likeness (QED) is 0.682. The molecule has 0 unspecified atom stereocenters. The van der Waals surface area contributed by atoms with Crippen LogP contribution in [0.25, 0.3) is 0 Å². The van der Waals surface area contributed by atoms with E-state index in [9.17, 15) is 18.0 Å². The largest absolute Gasteiger partial charge is 0.468 e. The van der Waals surface area contributed by atoms with E-state index in [4.69, 9.17) is 14.4 Å². The Labute approximate surface area is 178 Å². The summed E-state index contributed by atoms with van der Waals surface area (Å²) in [4.78, 5) is 16.3. The van der Waals surface area contributed by atoms with Crippen molar-refractivity contribution in [1.82, 2.24) is 4.90 Å². The minimum absolute atomic E-state index is 0.0961. The molecule has 1 N–H and O–H groups in total. The van der Waals surface area contributed by atoms with Crippen LogP contribution in [0.5, 0.6) is 0 Å². The minimum atomic E-state index is -4.53. The zero-order valence-corrected chi connectivity index (χ0v) is 16.8. The van der Waals surface area contributed by atoms with Crippen LogP contribution in [0.4, 0.5) is 24.5 Å². The first kappa shape index (κ1) is 22.7. The number of alkyl halides is 3. The predicted molar refractivity (Wildman–Crippen MR) is 107 cm³/mol. The van der Waals surface area contributed by atoms with Crippen LogP contribution >= 0.6 is 0 Å². The van der Waals surface area contributed by atoms with E-state index in [-0.39, 0.29) is 18.7 Å². The Kier molecular flexibility index (Phi) is 7.55. The summed E-state index contributed by atoms with van der Waals surface area (Å²) in [5, 5.41) is 11.5. The van der Waals surface area contributed by atoms with Gasteiger partial charge in [-0.25, -0.2) is 0 Å². The number of halogens is 3. The zero-order valence-electron chi connectivity index (χ0n) is 16.8. The van der Waals surface area contributed by atoms with Gasteiger partial charge in [0.05, 0.1) is 55.6 Å². The summed E-state index contributed by atoms with van der Waals surface area (Å²) < 4.78 is 50.3. The van der Waals surface area contributed by atoms with E-state index in [1.54, 1.807) is 17.0 Å². The van der Waals surface area contributed by atoms with E-state index in [1.165, 1.54) is 12.3 Å². The van der Waals surface area contributed by atoms with E-state index >= 15 is 0 Å². The lowest BCUT2D eigenvalue weighted by atomic mass is 10.1. The molecular formula is C21H23F3N4O3. The standard InChI is InChI=1S/C21H23F3N4O3/c22-21(23,24)16-4-5-19(28-8-11-30-12-9-28)18(13-16)26-20(29)15-27(7-2-6-25)14-17-3-1-10-31-17/h1,3-5,10,13H,2,7-9,11-12,14-15H2,(H,26,29). The predicted octanol–water partition coefficient (Wildman–Crippen LogP) is 3.49. The van der Waals surface area contributed by atoms with Crippen LogP contribution < -0.4 is 10.2 Å². The maximum atomic E-state index is 13.2. The number of anilines is 2. The normalized spacial score (nSPS) is 14.5. The summed E-state index contributed by atoms with van der Waals surface area (Å²) in [6, 6.07) is 8.84. The fraction of sp³-hybridized carbons (Fsp3) is 0.429. The van der Waals surface area contributed by atoms with Crippen molar-refractivity contribution in [1.29, 1.82) is 5.26 Å². The van der Waals surface area contributed by atoms with Gasteiger partial charge in [-0.3, -0.25) is 9.69 Å². The first-order chi connectivity index (χ1) is 14.9. The number of nitrogens with zero attached hydrogens (tertiary/aromatic N) is 3. The number of hydrogen-bond acceptors (Lipinski definition) is 6. The van der Waals surface area contributed by atoms with Crippen molar-refractivity contribution in [2.24, 2.45) is 0 Å². The van der Waals surface area contributed by atoms with Crippen LogP contribution in [0.3, 0.4) is 0 Å². The molecule has 1 aromatic heterocycles. The third kappa shape index (κ3) is 6.47. The van der Waals surface area contributed by atoms with Crippen LogP contribution in [-0.4, -0.2) is 50.2 Å². The van der Waals surface area contributed by atoms with Gasteiger partial charge in [0.15, 0.2) is 0 Å². The number of morpholine rings is 1. The molecule has 0 saturated carbocycles. The molecule has 0 spiro atoms. The molecule has 2 aromatic rings. The fourth-order valence-corrected chi connectivity index (χ4v) is 3.33. The van der Waals surface area contributed by atoms with Gasteiger partial charge in [0.1, 0.15) is 5.76 Å². The number of benzene rings is 1. The van der Waals surface area contributed by atoms with Gasteiger partial charge < -0.3 is 19.4 Å². The number of amides is 1. The highest BCUT2D eigenvalue weighted by molar-refractivity contribution is 5.95. The van der Waals surface area contributed by atoms with E-state index in [0.717, 1.165) is 12.1 Å². The third-order valence-electron chi connectivity index (χ3n) is 4.82. The second kappa shape index (κ2) is 10.3. The molecule has 0 atom stereocenters. The number of rotatable bonds is 8. The van der Waals surface area contributed by atoms with Crippen molar-refractivity contribution in [2.75, 3.05) is 49.6 Å². The van der Waals surface area contributed by atoms with Crippen molar-refractivity contribution in [2.45, 2.75) is 19.1 Å². The van der Waals surface area contributed by atoms with Crippen molar-refractivity contribution in [3.63, 3.8) is 0 Å². The van der Waals surface area contributed by atoms with Crippen molar-refractivity contribution in [3.8, 4) is 6.07 Å². The lowest BCUT2D eigenvalue weighted by Gasteiger charge is -2.31. The van der Waals surface area contributed by atoms with Gasteiger partial charge in [-0.2, -0.15) is 18.4 Å². The molecule has 0 bridgehead atoms. The van der Waals surface area contributed by atoms with Crippen LogP contribution in [0.2, 0.25) is 0 Å². The molecule has 0 aliphatic carbocycles.